The molecule has 14 rings (SSSR count). The van der Waals surface area contributed by atoms with E-state index in [0.29, 0.717) is 118 Å². The number of rotatable bonds is 17. The zero-order valence-corrected chi connectivity index (χ0v) is 56.7. The molecule has 6 N–H and O–H groups in total. The van der Waals surface area contributed by atoms with E-state index in [1.807, 2.05) is 15.9 Å². The summed E-state index contributed by atoms with van der Waals surface area (Å²) in [6.07, 6.45) is -8.88. The van der Waals surface area contributed by atoms with Gasteiger partial charge in [-0.3, -0.25) is 45.0 Å². The Morgan fingerprint density at radius 3 is 1.32 bits per heavy atom. The third-order valence-corrected chi connectivity index (χ3v) is 18.9. The highest BCUT2D eigenvalue weighted by Gasteiger charge is 2.46. The molecule has 4 fully saturated rings. The summed E-state index contributed by atoms with van der Waals surface area (Å²) in [6.45, 7) is 9.78. The fourth-order valence-corrected chi connectivity index (χ4v) is 13.1. The Labute approximate surface area is 593 Å². The van der Waals surface area contributed by atoms with Crippen LogP contribution in [0.25, 0.3) is 11.4 Å². The van der Waals surface area contributed by atoms with E-state index in [0.717, 1.165) is 39.5 Å². The van der Waals surface area contributed by atoms with Gasteiger partial charge in [-0.15, -0.1) is 10.2 Å². The molecule has 14 heterocycles. The highest BCUT2D eigenvalue weighted by atomic mass is 19.4. The maximum Gasteiger partial charge on any atom is 0.391 e. The fraction of sp³-hybridized carbons (Fsp3) is 0.448. The van der Waals surface area contributed by atoms with Crippen molar-refractivity contribution >= 4 is 98.8 Å². The van der Waals surface area contributed by atoms with Crippen LogP contribution in [0.3, 0.4) is 0 Å². The largest absolute Gasteiger partial charge is 0.395 e. The Bertz CT molecular complexity index is 4360. The lowest BCUT2D eigenvalue weighted by Gasteiger charge is -2.35. The molecular weight excluding hydrogens is 1400 g/mol. The highest BCUT2D eigenvalue weighted by Crippen LogP contribution is 2.44. The van der Waals surface area contributed by atoms with Crippen LogP contribution < -0.4 is 55.6 Å². The van der Waals surface area contributed by atoms with Gasteiger partial charge in [0.25, 0.3) is 0 Å². The number of aliphatic hydroxyl groups excluding tert-OH is 1. The Balaban J connectivity index is 0.000000148. The van der Waals surface area contributed by atoms with Gasteiger partial charge in [-0.1, -0.05) is 20.8 Å². The van der Waals surface area contributed by atoms with Crippen molar-refractivity contribution in [2.24, 2.45) is 17.8 Å². The number of carbonyl (C=O) groups excluding carboxylic acids is 6. The van der Waals surface area contributed by atoms with E-state index in [-0.39, 0.29) is 70.9 Å². The van der Waals surface area contributed by atoms with Crippen LogP contribution in [0.2, 0.25) is 0 Å². The van der Waals surface area contributed by atoms with Crippen LogP contribution in [0.5, 0.6) is 0 Å². The van der Waals surface area contributed by atoms with Crippen molar-refractivity contribution in [3.8, 4) is 11.4 Å². The Hall–Kier alpha value is -10.9. The summed E-state index contributed by atoms with van der Waals surface area (Å²) in [5, 5.41) is 33.9. The number of anilines is 11. The summed E-state index contributed by atoms with van der Waals surface area (Å²) in [5.41, 5.74) is 3.82. The zero-order chi connectivity index (χ0) is 74.6. The van der Waals surface area contributed by atoms with Gasteiger partial charge >= 0.3 is 36.6 Å². The number of amides is 6. The summed E-state index contributed by atoms with van der Waals surface area (Å²) in [4.78, 5) is 116. The van der Waals surface area contributed by atoms with Crippen molar-refractivity contribution in [3.05, 3.63) is 108 Å². The maximum absolute atomic E-state index is 13.4. The average Bonchev–Trinajstić information content (AvgIpc) is 1.68. The van der Waals surface area contributed by atoms with E-state index in [9.17, 15) is 68.3 Å². The number of aliphatic hydroxyl groups is 1. The van der Waals surface area contributed by atoms with E-state index in [1.165, 1.54) is 45.3 Å². The zero-order valence-electron chi connectivity index (χ0n) is 56.7. The van der Waals surface area contributed by atoms with Gasteiger partial charge in [-0.05, 0) is 85.1 Å². The summed E-state index contributed by atoms with van der Waals surface area (Å²) in [5.74, 6) is -5.59. The summed E-state index contributed by atoms with van der Waals surface area (Å²) in [7, 11) is 0. The molecule has 0 aromatic carbocycles. The van der Waals surface area contributed by atoms with Crippen molar-refractivity contribution in [1.82, 2.24) is 50.5 Å². The summed E-state index contributed by atoms with van der Waals surface area (Å²) < 4.78 is 122. The number of nitrogens with zero attached hydrogens (tertiary/aromatic N) is 16. The number of halogens is 9. The van der Waals surface area contributed by atoms with E-state index >= 15 is 0 Å². The minimum atomic E-state index is -4.48. The lowest BCUT2D eigenvalue weighted by atomic mass is 10.0. The molecule has 7 aromatic rings. The number of nitrogens with one attached hydrogen (secondary N) is 5. The van der Waals surface area contributed by atoms with Gasteiger partial charge in [-0.2, -0.15) is 44.7 Å². The minimum Gasteiger partial charge on any atom is -0.395 e. The second kappa shape index (κ2) is 30.8. The molecule has 38 heteroatoms. The quantitative estimate of drug-likeness (QED) is 0.0364. The number of carbonyl (C=O) groups is 6. The number of ketones is 3. The minimum absolute atomic E-state index is 0.0543. The van der Waals surface area contributed by atoms with Crippen LogP contribution in [0.15, 0.2) is 91.4 Å². The third kappa shape index (κ3) is 16.8. The molecule has 0 unspecified atom stereocenters. The molecule has 105 heavy (non-hydrogen) atoms. The summed E-state index contributed by atoms with van der Waals surface area (Å²) in [6, 6.07) is 17.3. The van der Waals surface area contributed by atoms with Gasteiger partial charge in [0, 0.05) is 126 Å². The fourth-order valence-electron chi connectivity index (χ4n) is 13.1. The molecule has 0 radical (unpaired) electrons. The molecule has 556 valence electrons. The van der Waals surface area contributed by atoms with Crippen molar-refractivity contribution in [3.63, 3.8) is 0 Å². The van der Waals surface area contributed by atoms with E-state index in [1.54, 1.807) is 54.7 Å². The number of alkyl halides is 9. The van der Waals surface area contributed by atoms with E-state index in [2.05, 4.69) is 81.6 Å². The molecule has 6 atom stereocenters. The van der Waals surface area contributed by atoms with Gasteiger partial charge in [0.05, 0.1) is 72.8 Å². The number of aromatic nitrogens is 10. The first-order valence-corrected chi connectivity index (χ1v) is 33.8. The topological polar surface area (TPSA) is 334 Å². The lowest BCUT2D eigenvalue weighted by Crippen LogP contribution is -2.48. The standard InChI is InChI=1S/C24H27F3N6O3.C22H25F3N6O3.C21H20F3N9O2/c1-15(24(25,26)27)12-20(34)18-2-3-19-22(29-18)33(17-5-7-32(19)14-17)23(35)30-21-13-16(4-6-28-21)31-8-10-36-11-9-31;1-13(22(23,24)25)10-18(33)16-2-3-17-20(28-16)31(15-5-8-30(17)12-15)21(34)29-19-11-14(4-6-27-19)26-7-9-32;1-11(21(22,23)24)8-16(34)14-2-3-15-19(26-14)33(13-5-7-32(15)10-13)20(35)27-17-9-12(4-6-25-17)18-28-30-31-29-18/h2-4,6,13,15,17H,5,7-12,14H2,1H3,(H,28,30,35);2-4,6,11,13,15,32H,5,7-10,12H2,1H3,(H2,26,27,29,34);2-4,6,9,11,13H,5,7-8,10H2,1H3,(H,25,27,35)(H,28,29,30,31)/t15-,17-;13-,15-;11-,13-/m000/s1. The van der Waals surface area contributed by atoms with Gasteiger partial charge < -0.3 is 34.8 Å². The second-order valence-corrected chi connectivity index (χ2v) is 26.1. The van der Waals surface area contributed by atoms with Crippen LogP contribution in [-0.4, -0.2) is 206 Å². The molecule has 4 saturated heterocycles. The second-order valence-electron chi connectivity index (χ2n) is 26.1. The number of hydrogen-bond donors (Lipinski definition) is 6. The van der Waals surface area contributed by atoms with Gasteiger partial charge in [0.15, 0.2) is 34.8 Å². The molecule has 0 saturated carbocycles. The Morgan fingerprint density at radius 2 is 0.924 bits per heavy atom. The number of pyridine rings is 6. The van der Waals surface area contributed by atoms with Crippen LogP contribution >= 0.6 is 0 Å². The number of tetrazole rings is 1. The number of urea groups is 3. The monoisotopic (exact) mass is 1470 g/mol. The van der Waals surface area contributed by atoms with Crippen LogP contribution in [0, 0.1) is 17.8 Å². The maximum atomic E-state index is 13.4. The van der Waals surface area contributed by atoms with Crippen molar-refractivity contribution in [2.75, 3.05) is 134 Å². The van der Waals surface area contributed by atoms with Gasteiger partial charge in [0.2, 0.25) is 5.82 Å². The number of aromatic amines is 1. The first-order chi connectivity index (χ1) is 50.1. The molecule has 0 aliphatic carbocycles. The number of hydrogen-bond acceptors (Lipinski definition) is 22. The third-order valence-electron chi connectivity index (χ3n) is 18.9. The van der Waals surface area contributed by atoms with Crippen LogP contribution in [-0.2, 0) is 4.74 Å². The van der Waals surface area contributed by atoms with Gasteiger partial charge in [-0.25, -0.2) is 44.3 Å². The molecule has 6 amide bonds. The molecule has 7 aliphatic rings. The predicted octanol–water partition coefficient (Wildman–Crippen LogP) is 10.1. The van der Waals surface area contributed by atoms with Crippen LogP contribution in [0.4, 0.5) is 117 Å². The molecule has 6 bridgehead atoms. The Kier molecular flexibility index (Phi) is 21.7. The first-order valence-electron chi connectivity index (χ1n) is 33.8. The SMILES string of the molecule is C[C@@H](CC(=O)c1ccc2c(n1)N(C(=O)Nc1cc(-c3nn[nH]n3)ccn1)[C@H]1CCN2C1)C(F)(F)F.C[C@@H](CC(=O)c1ccc2c(n1)N(C(=O)Nc1cc(N3CCOCC3)ccn1)[C@H]1CCN2C1)C(F)(F)F.C[C@@H](CC(=O)c1ccc2c(n1)N(C(=O)Nc1cc(NCCO)ccn1)[C@H]1CCN2C1)C(F)(F)F. The van der Waals surface area contributed by atoms with Crippen molar-refractivity contribution in [1.29, 1.82) is 0 Å². The number of ether oxygens (including phenoxy) is 1. The van der Waals surface area contributed by atoms with Crippen molar-refractivity contribution in [2.45, 2.75) is 96.0 Å². The van der Waals surface area contributed by atoms with Crippen LogP contribution in [0.1, 0.15) is 90.8 Å². The first kappa shape index (κ1) is 73.8. The normalized spacial score (nSPS) is 18.6. The highest BCUT2D eigenvalue weighted by molar-refractivity contribution is 6.08. The Morgan fingerprint density at radius 1 is 0.524 bits per heavy atom. The molecule has 0 spiro atoms. The number of Topliss-reactive ketones (excluding diaryl/α,β-unsaturated/α-hetero) is 3. The summed E-state index contributed by atoms with van der Waals surface area (Å²) >= 11 is 0. The van der Waals surface area contributed by atoms with E-state index in [4.69, 9.17) is 9.84 Å². The predicted molar refractivity (Wildman–Crippen MR) is 366 cm³/mol. The van der Waals surface area contributed by atoms with Crippen molar-refractivity contribution < 1.29 is 78.1 Å². The lowest BCUT2D eigenvalue weighted by molar-refractivity contribution is -0.169. The molecule has 7 aliphatic heterocycles. The van der Waals surface area contributed by atoms with E-state index < -0.39 is 91.0 Å². The molecule has 7 aromatic heterocycles. The molecule has 29 nitrogen and oxygen atoms in total. The molecular formula is C67H72F9N21O8. The number of H-pyrrole nitrogens is 1. The average molecular weight is 1470 g/mol. The number of fused-ring (bicyclic) bond motifs is 12. The van der Waals surface area contributed by atoms with Gasteiger partial charge in [0.1, 0.15) is 34.5 Å². The number of morpholine rings is 1. The smallest absolute Gasteiger partial charge is 0.391 e.